The molecule has 1 N–H and O–H groups in total. The average Bonchev–Trinajstić information content (AvgIpc) is 2.65. The predicted octanol–water partition coefficient (Wildman–Crippen LogP) is 2.66. The quantitative estimate of drug-likeness (QED) is 0.776. The van der Waals surface area contributed by atoms with E-state index in [-0.39, 0.29) is 0 Å². The maximum absolute atomic E-state index is 5.41. The Balaban J connectivity index is 1.67. The summed E-state index contributed by atoms with van der Waals surface area (Å²) in [7, 11) is 0. The molecule has 0 aromatic rings. The number of morpholine rings is 1. The van der Waals surface area contributed by atoms with Gasteiger partial charge in [0.2, 0.25) is 0 Å². The van der Waals surface area contributed by atoms with E-state index in [0.717, 1.165) is 38.3 Å². The molecule has 19 heavy (non-hydrogen) atoms. The van der Waals surface area contributed by atoms with Crippen LogP contribution >= 0.6 is 0 Å². The molecule has 0 spiro atoms. The highest BCUT2D eigenvalue weighted by Crippen LogP contribution is 2.25. The van der Waals surface area contributed by atoms with Crippen molar-refractivity contribution in [2.45, 2.75) is 64.5 Å². The van der Waals surface area contributed by atoms with Crippen molar-refractivity contribution in [1.29, 1.82) is 0 Å². The van der Waals surface area contributed by atoms with Crippen LogP contribution in [0.25, 0.3) is 0 Å². The molecule has 2 fully saturated rings. The number of hydrogen-bond acceptors (Lipinski definition) is 3. The number of hydrogen-bond donors (Lipinski definition) is 1. The highest BCUT2D eigenvalue weighted by molar-refractivity contribution is 4.79. The summed E-state index contributed by atoms with van der Waals surface area (Å²) in [4.78, 5) is 2.53. The predicted molar refractivity (Wildman–Crippen MR) is 80.5 cm³/mol. The Labute approximate surface area is 119 Å². The number of nitrogens with zero attached hydrogens (tertiary/aromatic N) is 1. The molecule has 1 aliphatic heterocycles. The summed E-state index contributed by atoms with van der Waals surface area (Å²) in [6, 6.07) is 1.37. The van der Waals surface area contributed by atoms with Gasteiger partial charge in [0, 0.05) is 31.7 Å². The molecule has 1 saturated heterocycles. The Morgan fingerprint density at radius 3 is 2.68 bits per heavy atom. The van der Waals surface area contributed by atoms with E-state index in [0.29, 0.717) is 6.04 Å². The van der Waals surface area contributed by atoms with E-state index in [1.165, 1.54) is 45.1 Å². The maximum Gasteiger partial charge on any atom is 0.0594 e. The SMILES string of the molecule is CCC1CCCC(NC(C)CN2CCOCC2)CC1. The molecule has 112 valence electrons. The van der Waals surface area contributed by atoms with E-state index in [1.807, 2.05) is 0 Å². The van der Waals surface area contributed by atoms with Gasteiger partial charge in [0.1, 0.15) is 0 Å². The number of nitrogens with one attached hydrogen (secondary N) is 1. The summed E-state index contributed by atoms with van der Waals surface area (Å²) in [5, 5.41) is 3.87. The molecule has 0 amide bonds. The summed E-state index contributed by atoms with van der Waals surface area (Å²) < 4.78 is 5.41. The summed E-state index contributed by atoms with van der Waals surface area (Å²) in [6.07, 6.45) is 8.43. The van der Waals surface area contributed by atoms with Gasteiger partial charge in [-0.15, -0.1) is 0 Å². The molecule has 3 atom stereocenters. The van der Waals surface area contributed by atoms with Crippen LogP contribution in [0.4, 0.5) is 0 Å². The van der Waals surface area contributed by atoms with Gasteiger partial charge in [-0.2, -0.15) is 0 Å². The zero-order chi connectivity index (χ0) is 13.5. The molecule has 0 radical (unpaired) electrons. The molecule has 1 saturated carbocycles. The highest BCUT2D eigenvalue weighted by atomic mass is 16.5. The minimum atomic E-state index is 0.612. The lowest BCUT2D eigenvalue weighted by molar-refractivity contribution is 0.0337. The Morgan fingerprint density at radius 1 is 1.16 bits per heavy atom. The Kier molecular flexibility index (Phi) is 6.62. The fourth-order valence-corrected chi connectivity index (χ4v) is 3.58. The second-order valence-corrected chi connectivity index (χ2v) is 6.46. The molecule has 3 unspecified atom stereocenters. The molecule has 2 aliphatic rings. The standard InChI is InChI=1S/C16H32N2O/c1-3-15-5-4-6-16(8-7-15)17-14(2)13-18-9-11-19-12-10-18/h14-17H,3-13H2,1-2H3. The van der Waals surface area contributed by atoms with Crippen LogP contribution in [-0.4, -0.2) is 49.8 Å². The van der Waals surface area contributed by atoms with E-state index in [9.17, 15) is 0 Å². The lowest BCUT2D eigenvalue weighted by Crippen LogP contribution is -2.47. The van der Waals surface area contributed by atoms with Crippen molar-refractivity contribution in [3.05, 3.63) is 0 Å². The van der Waals surface area contributed by atoms with Crippen molar-refractivity contribution >= 4 is 0 Å². The number of ether oxygens (including phenoxy) is 1. The molecular formula is C16H32N2O. The fraction of sp³-hybridized carbons (Fsp3) is 1.00. The van der Waals surface area contributed by atoms with Crippen LogP contribution in [0.5, 0.6) is 0 Å². The highest BCUT2D eigenvalue weighted by Gasteiger charge is 2.20. The van der Waals surface area contributed by atoms with Crippen molar-refractivity contribution in [2.75, 3.05) is 32.8 Å². The minimum Gasteiger partial charge on any atom is -0.379 e. The molecule has 0 aromatic heterocycles. The van der Waals surface area contributed by atoms with Gasteiger partial charge in [-0.05, 0) is 32.1 Å². The van der Waals surface area contributed by atoms with Gasteiger partial charge in [-0.1, -0.05) is 26.2 Å². The lowest BCUT2D eigenvalue weighted by atomic mass is 9.98. The average molecular weight is 268 g/mol. The molecule has 0 bridgehead atoms. The van der Waals surface area contributed by atoms with Crippen LogP contribution in [0.1, 0.15) is 52.4 Å². The summed E-state index contributed by atoms with van der Waals surface area (Å²) in [5.74, 6) is 0.987. The van der Waals surface area contributed by atoms with Crippen LogP contribution in [0.2, 0.25) is 0 Å². The van der Waals surface area contributed by atoms with Crippen molar-refractivity contribution in [3.8, 4) is 0 Å². The van der Waals surface area contributed by atoms with E-state index < -0.39 is 0 Å². The largest absolute Gasteiger partial charge is 0.379 e. The van der Waals surface area contributed by atoms with Crippen LogP contribution < -0.4 is 5.32 Å². The second kappa shape index (κ2) is 8.23. The van der Waals surface area contributed by atoms with E-state index >= 15 is 0 Å². The smallest absolute Gasteiger partial charge is 0.0594 e. The molecule has 1 aliphatic carbocycles. The topological polar surface area (TPSA) is 24.5 Å². The zero-order valence-corrected chi connectivity index (χ0v) is 12.9. The molecule has 3 nitrogen and oxygen atoms in total. The Bertz CT molecular complexity index is 241. The molecule has 3 heteroatoms. The van der Waals surface area contributed by atoms with Crippen LogP contribution in [-0.2, 0) is 4.74 Å². The Hall–Kier alpha value is -0.120. The molecule has 0 aromatic carbocycles. The third kappa shape index (κ3) is 5.41. The molecule has 2 rings (SSSR count). The summed E-state index contributed by atoms with van der Waals surface area (Å²) in [6.45, 7) is 9.90. The number of rotatable bonds is 5. The first-order valence-corrected chi connectivity index (χ1v) is 8.34. The normalized spacial score (nSPS) is 31.9. The Morgan fingerprint density at radius 2 is 1.95 bits per heavy atom. The molecular weight excluding hydrogens is 236 g/mol. The van der Waals surface area contributed by atoms with Gasteiger partial charge in [0.15, 0.2) is 0 Å². The van der Waals surface area contributed by atoms with Crippen LogP contribution in [0.15, 0.2) is 0 Å². The third-order valence-electron chi connectivity index (χ3n) is 4.82. The van der Waals surface area contributed by atoms with Crippen molar-refractivity contribution in [2.24, 2.45) is 5.92 Å². The maximum atomic E-state index is 5.41. The van der Waals surface area contributed by atoms with Gasteiger partial charge < -0.3 is 10.1 Å². The van der Waals surface area contributed by atoms with Gasteiger partial charge in [0.25, 0.3) is 0 Å². The molecule has 1 heterocycles. The third-order valence-corrected chi connectivity index (χ3v) is 4.82. The summed E-state index contributed by atoms with van der Waals surface area (Å²) in [5.41, 5.74) is 0. The van der Waals surface area contributed by atoms with Gasteiger partial charge in [0.05, 0.1) is 13.2 Å². The fourth-order valence-electron chi connectivity index (χ4n) is 3.58. The summed E-state index contributed by atoms with van der Waals surface area (Å²) >= 11 is 0. The van der Waals surface area contributed by atoms with E-state index in [4.69, 9.17) is 4.74 Å². The van der Waals surface area contributed by atoms with Crippen molar-refractivity contribution < 1.29 is 4.74 Å². The zero-order valence-electron chi connectivity index (χ0n) is 12.9. The lowest BCUT2D eigenvalue weighted by Gasteiger charge is -2.31. The van der Waals surface area contributed by atoms with Crippen LogP contribution in [0.3, 0.4) is 0 Å². The monoisotopic (exact) mass is 268 g/mol. The van der Waals surface area contributed by atoms with Crippen LogP contribution in [0, 0.1) is 5.92 Å². The van der Waals surface area contributed by atoms with Gasteiger partial charge in [-0.25, -0.2) is 0 Å². The first kappa shape index (κ1) is 15.3. The minimum absolute atomic E-state index is 0.612. The van der Waals surface area contributed by atoms with E-state index in [2.05, 4.69) is 24.1 Å². The first-order valence-electron chi connectivity index (χ1n) is 8.34. The van der Waals surface area contributed by atoms with Crippen molar-refractivity contribution in [3.63, 3.8) is 0 Å². The van der Waals surface area contributed by atoms with Gasteiger partial charge in [-0.3, -0.25) is 4.90 Å². The first-order chi connectivity index (χ1) is 9.28. The second-order valence-electron chi connectivity index (χ2n) is 6.46. The van der Waals surface area contributed by atoms with Gasteiger partial charge >= 0.3 is 0 Å². The van der Waals surface area contributed by atoms with E-state index in [1.54, 1.807) is 0 Å². The van der Waals surface area contributed by atoms with Crippen molar-refractivity contribution in [1.82, 2.24) is 10.2 Å².